The van der Waals surface area contributed by atoms with E-state index < -0.39 is 0 Å². The predicted molar refractivity (Wildman–Crippen MR) is 63.7 cm³/mol. The van der Waals surface area contributed by atoms with E-state index in [9.17, 15) is 0 Å². The van der Waals surface area contributed by atoms with Crippen LogP contribution in [0.4, 0.5) is 5.69 Å². The number of anilines is 1. The lowest BCUT2D eigenvalue weighted by molar-refractivity contribution is 0.510. The average molecular weight is 210 g/mol. The van der Waals surface area contributed by atoms with Crippen LogP contribution in [-0.4, -0.2) is 0 Å². The molecule has 0 spiro atoms. The van der Waals surface area contributed by atoms with Crippen molar-refractivity contribution in [3.05, 3.63) is 41.6 Å². The van der Waals surface area contributed by atoms with Gasteiger partial charge in [0.25, 0.3) is 0 Å². The van der Waals surface area contributed by atoms with Crippen molar-refractivity contribution in [1.82, 2.24) is 0 Å². The third-order valence-corrected chi connectivity index (χ3v) is 2.30. The average Bonchev–Trinajstić information content (AvgIpc) is 2.07. The summed E-state index contributed by atoms with van der Waals surface area (Å²) in [5.74, 6) is 0. The molecule has 1 aromatic carbocycles. The minimum Gasteiger partial charge on any atom is -0.359 e. The van der Waals surface area contributed by atoms with Crippen LogP contribution >= 0.6 is 11.6 Å². The van der Waals surface area contributed by atoms with Crippen molar-refractivity contribution in [2.24, 2.45) is 5.41 Å². The topological polar surface area (TPSA) is 12.0 Å². The molecule has 0 aliphatic carbocycles. The van der Waals surface area contributed by atoms with Gasteiger partial charge in [-0.2, -0.15) is 0 Å². The molecule has 14 heavy (non-hydrogen) atoms. The Morgan fingerprint density at radius 1 is 1.21 bits per heavy atom. The van der Waals surface area contributed by atoms with Gasteiger partial charge in [-0.1, -0.05) is 39.0 Å². The van der Waals surface area contributed by atoms with Crippen LogP contribution in [0.2, 0.25) is 5.02 Å². The van der Waals surface area contributed by atoms with E-state index in [1.165, 1.54) is 0 Å². The second-order valence-corrected chi connectivity index (χ2v) is 4.80. The first-order valence-electron chi connectivity index (χ1n) is 4.61. The molecule has 0 heterocycles. The number of benzene rings is 1. The Labute approximate surface area is 90.8 Å². The van der Waals surface area contributed by atoms with Gasteiger partial charge in [0.15, 0.2) is 0 Å². The molecular formula is C12H16ClN. The van der Waals surface area contributed by atoms with Gasteiger partial charge >= 0.3 is 0 Å². The lowest BCUT2D eigenvalue weighted by atomic mass is 9.93. The molecule has 1 aromatic rings. The summed E-state index contributed by atoms with van der Waals surface area (Å²) >= 11 is 5.79. The maximum Gasteiger partial charge on any atom is 0.0407 e. The summed E-state index contributed by atoms with van der Waals surface area (Å²) in [6, 6.07) is 7.61. The van der Waals surface area contributed by atoms with E-state index in [0.717, 1.165) is 16.4 Å². The highest BCUT2D eigenvalue weighted by atomic mass is 35.5. The number of hydrogen-bond acceptors (Lipinski definition) is 1. The van der Waals surface area contributed by atoms with Gasteiger partial charge in [-0.15, -0.1) is 0 Å². The van der Waals surface area contributed by atoms with E-state index in [1.54, 1.807) is 0 Å². The van der Waals surface area contributed by atoms with E-state index in [1.807, 2.05) is 24.3 Å². The zero-order valence-corrected chi connectivity index (χ0v) is 9.65. The van der Waals surface area contributed by atoms with E-state index in [-0.39, 0.29) is 5.41 Å². The van der Waals surface area contributed by atoms with Gasteiger partial charge in [-0.25, -0.2) is 0 Å². The Morgan fingerprint density at radius 2 is 1.71 bits per heavy atom. The third-order valence-electron chi connectivity index (χ3n) is 2.04. The van der Waals surface area contributed by atoms with Crippen molar-refractivity contribution in [1.29, 1.82) is 0 Å². The highest BCUT2D eigenvalue weighted by molar-refractivity contribution is 6.30. The molecule has 0 fully saturated rings. The number of hydrogen-bond donors (Lipinski definition) is 1. The molecule has 0 bridgehead atoms. The first-order valence-corrected chi connectivity index (χ1v) is 4.99. The van der Waals surface area contributed by atoms with Crippen LogP contribution in [0, 0.1) is 5.41 Å². The summed E-state index contributed by atoms with van der Waals surface area (Å²) in [5.41, 5.74) is 2.09. The summed E-state index contributed by atoms with van der Waals surface area (Å²) in [6.07, 6.45) is 0. The van der Waals surface area contributed by atoms with Gasteiger partial charge in [0.05, 0.1) is 0 Å². The monoisotopic (exact) mass is 209 g/mol. The largest absolute Gasteiger partial charge is 0.359 e. The fourth-order valence-electron chi connectivity index (χ4n) is 0.895. The van der Waals surface area contributed by atoms with Crippen molar-refractivity contribution in [3.63, 3.8) is 0 Å². The van der Waals surface area contributed by atoms with Crippen LogP contribution in [0.5, 0.6) is 0 Å². The Hall–Kier alpha value is -0.950. The normalized spacial score (nSPS) is 11.1. The smallest absolute Gasteiger partial charge is 0.0407 e. The van der Waals surface area contributed by atoms with Gasteiger partial charge in [-0.3, -0.25) is 0 Å². The van der Waals surface area contributed by atoms with Crippen LogP contribution < -0.4 is 5.32 Å². The number of allylic oxidation sites excluding steroid dienone is 1. The molecule has 0 saturated carbocycles. The number of rotatable bonds is 2. The quantitative estimate of drug-likeness (QED) is 0.766. The molecule has 0 radical (unpaired) electrons. The molecule has 0 atom stereocenters. The minimum atomic E-state index is 0.0691. The molecule has 0 unspecified atom stereocenters. The van der Waals surface area contributed by atoms with Crippen molar-refractivity contribution in [2.45, 2.75) is 20.8 Å². The standard InChI is InChI=1S/C12H16ClN/c1-9(12(2,3)4)14-11-7-5-10(13)6-8-11/h5-8,14H,1H2,2-4H3. The zero-order chi connectivity index (χ0) is 10.8. The first-order chi connectivity index (χ1) is 6.39. The van der Waals surface area contributed by atoms with Crippen LogP contribution in [0.3, 0.4) is 0 Å². The van der Waals surface area contributed by atoms with Crippen LogP contribution in [0.15, 0.2) is 36.5 Å². The molecular weight excluding hydrogens is 194 g/mol. The molecule has 0 aliphatic heterocycles. The molecule has 76 valence electrons. The molecule has 0 saturated heterocycles. The van der Waals surface area contributed by atoms with Crippen molar-refractivity contribution in [3.8, 4) is 0 Å². The SMILES string of the molecule is C=C(Nc1ccc(Cl)cc1)C(C)(C)C. The van der Waals surface area contributed by atoms with Crippen LogP contribution in [0.1, 0.15) is 20.8 Å². The molecule has 0 aromatic heterocycles. The summed E-state index contributed by atoms with van der Waals surface area (Å²) in [5, 5.41) is 4.00. The van der Waals surface area contributed by atoms with E-state index in [0.29, 0.717) is 0 Å². The van der Waals surface area contributed by atoms with E-state index in [2.05, 4.69) is 32.7 Å². The first kappa shape index (κ1) is 11.1. The Kier molecular flexibility index (Phi) is 3.22. The molecule has 1 nitrogen and oxygen atoms in total. The Balaban J connectivity index is 2.71. The van der Waals surface area contributed by atoms with E-state index >= 15 is 0 Å². The van der Waals surface area contributed by atoms with Crippen LogP contribution in [0.25, 0.3) is 0 Å². The van der Waals surface area contributed by atoms with Crippen molar-refractivity contribution >= 4 is 17.3 Å². The Morgan fingerprint density at radius 3 is 2.14 bits per heavy atom. The predicted octanol–water partition coefficient (Wildman–Crippen LogP) is 4.31. The Bertz CT molecular complexity index is 319. The van der Waals surface area contributed by atoms with Crippen molar-refractivity contribution < 1.29 is 0 Å². The second kappa shape index (κ2) is 4.05. The summed E-state index contributed by atoms with van der Waals surface area (Å²) in [6.45, 7) is 10.4. The molecule has 1 rings (SSSR count). The number of nitrogens with one attached hydrogen (secondary N) is 1. The summed E-state index contributed by atoms with van der Waals surface area (Å²) in [7, 11) is 0. The van der Waals surface area contributed by atoms with Crippen molar-refractivity contribution in [2.75, 3.05) is 5.32 Å². The molecule has 0 amide bonds. The summed E-state index contributed by atoms with van der Waals surface area (Å²) < 4.78 is 0. The van der Waals surface area contributed by atoms with Crippen LogP contribution in [-0.2, 0) is 0 Å². The molecule has 2 heteroatoms. The zero-order valence-electron chi connectivity index (χ0n) is 8.89. The lowest BCUT2D eigenvalue weighted by Gasteiger charge is -2.23. The molecule has 0 aliphatic rings. The van der Waals surface area contributed by atoms with Gasteiger partial charge in [0, 0.05) is 21.8 Å². The minimum absolute atomic E-state index is 0.0691. The highest BCUT2D eigenvalue weighted by Crippen LogP contribution is 2.25. The number of halogens is 1. The van der Waals surface area contributed by atoms with Gasteiger partial charge in [-0.05, 0) is 24.3 Å². The fourth-order valence-corrected chi connectivity index (χ4v) is 1.02. The third kappa shape index (κ3) is 3.08. The summed E-state index contributed by atoms with van der Waals surface area (Å²) in [4.78, 5) is 0. The second-order valence-electron chi connectivity index (χ2n) is 4.36. The lowest BCUT2D eigenvalue weighted by Crippen LogP contribution is -2.15. The maximum absolute atomic E-state index is 5.79. The maximum atomic E-state index is 5.79. The van der Waals surface area contributed by atoms with Gasteiger partial charge in [0.2, 0.25) is 0 Å². The van der Waals surface area contributed by atoms with Gasteiger partial charge < -0.3 is 5.32 Å². The molecule has 1 N–H and O–H groups in total. The fraction of sp³-hybridized carbons (Fsp3) is 0.333. The van der Waals surface area contributed by atoms with E-state index in [4.69, 9.17) is 11.6 Å². The highest BCUT2D eigenvalue weighted by Gasteiger charge is 2.14. The van der Waals surface area contributed by atoms with Gasteiger partial charge in [0.1, 0.15) is 0 Å².